The lowest BCUT2D eigenvalue weighted by atomic mass is 10.1. The van der Waals surface area contributed by atoms with Gasteiger partial charge in [0.2, 0.25) is 0 Å². The second-order valence-electron chi connectivity index (χ2n) is 8.66. The number of hydrogen-bond acceptors (Lipinski definition) is 6. The van der Waals surface area contributed by atoms with Crippen LogP contribution in [0.2, 0.25) is 0 Å². The molecule has 0 radical (unpaired) electrons. The van der Waals surface area contributed by atoms with Crippen LogP contribution < -0.4 is 4.90 Å². The number of nitrogens with one attached hydrogen (secondary N) is 1. The summed E-state index contributed by atoms with van der Waals surface area (Å²) in [6.07, 6.45) is -0.291. The highest BCUT2D eigenvalue weighted by atomic mass is 16.6. The number of ether oxygens (including phenoxy) is 2. The Bertz CT molecular complexity index is 919. The average Bonchev–Trinajstić information content (AvgIpc) is 2.99. The summed E-state index contributed by atoms with van der Waals surface area (Å²) in [5, 5.41) is 0. The SMILES string of the molecule is COC(=O)c1ccc(N2C[C@@H](C)N(C(=O)OC(C)(C)C)[C@@H](C)C2)c2[nH]c(C)nc12. The van der Waals surface area contributed by atoms with Crippen molar-refractivity contribution >= 4 is 28.8 Å². The van der Waals surface area contributed by atoms with Gasteiger partial charge in [-0.1, -0.05) is 0 Å². The summed E-state index contributed by atoms with van der Waals surface area (Å²) in [5.41, 5.74) is 2.26. The maximum absolute atomic E-state index is 12.7. The van der Waals surface area contributed by atoms with E-state index in [1.54, 1.807) is 11.0 Å². The second-order valence-corrected chi connectivity index (χ2v) is 8.66. The van der Waals surface area contributed by atoms with Gasteiger partial charge in [-0.2, -0.15) is 0 Å². The minimum Gasteiger partial charge on any atom is -0.465 e. The van der Waals surface area contributed by atoms with Crippen molar-refractivity contribution in [3.05, 3.63) is 23.5 Å². The monoisotopic (exact) mass is 402 g/mol. The largest absolute Gasteiger partial charge is 0.465 e. The minimum absolute atomic E-state index is 0.0343. The summed E-state index contributed by atoms with van der Waals surface area (Å²) in [5.74, 6) is 0.315. The molecule has 1 aliphatic heterocycles. The van der Waals surface area contributed by atoms with E-state index in [0.29, 0.717) is 24.2 Å². The van der Waals surface area contributed by atoms with E-state index in [-0.39, 0.29) is 18.2 Å². The average molecular weight is 402 g/mol. The Morgan fingerprint density at radius 3 is 2.34 bits per heavy atom. The molecule has 29 heavy (non-hydrogen) atoms. The lowest BCUT2D eigenvalue weighted by Crippen LogP contribution is -2.59. The predicted molar refractivity (Wildman–Crippen MR) is 111 cm³/mol. The van der Waals surface area contributed by atoms with E-state index in [1.165, 1.54) is 7.11 Å². The molecule has 158 valence electrons. The number of esters is 1. The van der Waals surface area contributed by atoms with Crippen molar-refractivity contribution in [3.63, 3.8) is 0 Å². The van der Waals surface area contributed by atoms with Gasteiger partial charge < -0.3 is 19.4 Å². The first-order valence-corrected chi connectivity index (χ1v) is 9.85. The molecule has 1 aliphatic rings. The molecule has 2 aromatic rings. The first-order chi connectivity index (χ1) is 13.5. The van der Waals surface area contributed by atoms with Crippen molar-refractivity contribution in [1.29, 1.82) is 0 Å². The predicted octanol–water partition coefficient (Wildman–Crippen LogP) is 3.49. The quantitative estimate of drug-likeness (QED) is 0.774. The molecule has 2 heterocycles. The van der Waals surface area contributed by atoms with E-state index >= 15 is 0 Å². The van der Waals surface area contributed by atoms with Gasteiger partial charge >= 0.3 is 12.1 Å². The number of piperazine rings is 1. The Balaban J connectivity index is 1.91. The Morgan fingerprint density at radius 2 is 1.79 bits per heavy atom. The van der Waals surface area contributed by atoms with Crippen molar-refractivity contribution in [2.45, 2.75) is 59.2 Å². The number of imidazole rings is 1. The number of hydrogen-bond donors (Lipinski definition) is 1. The first kappa shape index (κ1) is 21.0. The van der Waals surface area contributed by atoms with E-state index in [4.69, 9.17) is 9.47 Å². The molecule has 1 aromatic carbocycles. The number of carbonyl (C=O) groups is 2. The number of rotatable bonds is 2. The van der Waals surface area contributed by atoms with Gasteiger partial charge in [0.15, 0.2) is 0 Å². The molecule has 1 amide bonds. The van der Waals surface area contributed by atoms with E-state index in [1.807, 2.05) is 47.6 Å². The molecular formula is C21H30N4O4. The summed E-state index contributed by atoms with van der Waals surface area (Å²) < 4.78 is 10.5. The molecule has 8 nitrogen and oxygen atoms in total. The smallest absolute Gasteiger partial charge is 0.410 e. The van der Waals surface area contributed by atoms with Crippen LogP contribution in [0.1, 0.15) is 50.8 Å². The Labute approximate surface area is 171 Å². The van der Waals surface area contributed by atoms with E-state index in [0.717, 1.165) is 17.0 Å². The molecule has 0 aliphatic carbocycles. The standard InChI is InChI=1S/C21H30N4O4/c1-12-10-24(11-13(2)25(12)20(27)29-21(4,5)6)16-9-8-15(19(26)28-7)17-18(16)23-14(3)22-17/h8-9,12-13H,10-11H2,1-7H3,(H,22,23)/t12-,13+. The molecule has 1 N–H and O–H groups in total. The minimum atomic E-state index is -0.531. The molecule has 8 heteroatoms. The molecule has 3 rings (SSSR count). The van der Waals surface area contributed by atoms with Crippen molar-refractivity contribution in [3.8, 4) is 0 Å². The maximum Gasteiger partial charge on any atom is 0.410 e. The molecule has 0 saturated carbocycles. The number of nitrogens with zero attached hydrogens (tertiary/aromatic N) is 3. The van der Waals surface area contributed by atoms with Gasteiger partial charge in [0.25, 0.3) is 0 Å². The van der Waals surface area contributed by atoms with Gasteiger partial charge in [-0.3, -0.25) is 4.90 Å². The number of amides is 1. The zero-order chi connectivity index (χ0) is 21.5. The van der Waals surface area contributed by atoms with Crippen molar-refractivity contribution in [2.75, 3.05) is 25.1 Å². The summed E-state index contributed by atoms with van der Waals surface area (Å²) in [6.45, 7) is 12.8. The zero-order valence-corrected chi connectivity index (χ0v) is 18.2. The number of fused-ring (bicyclic) bond motifs is 1. The molecular weight excluding hydrogens is 372 g/mol. The van der Waals surface area contributed by atoms with Gasteiger partial charge in [0.05, 0.1) is 36.0 Å². The van der Waals surface area contributed by atoms with Crippen molar-refractivity contribution in [1.82, 2.24) is 14.9 Å². The fraction of sp³-hybridized carbons (Fsp3) is 0.571. The third-order valence-electron chi connectivity index (χ3n) is 5.01. The highest BCUT2D eigenvalue weighted by molar-refractivity contribution is 6.05. The van der Waals surface area contributed by atoms with Gasteiger partial charge in [-0.05, 0) is 53.7 Å². The highest BCUT2D eigenvalue weighted by Gasteiger charge is 2.36. The van der Waals surface area contributed by atoms with Crippen LogP contribution in [-0.4, -0.2) is 64.8 Å². The number of methoxy groups -OCH3 is 1. The lowest BCUT2D eigenvalue weighted by molar-refractivity contribution is 0.00566. The van der Waals surface area contributed by atoms with E-state index in [9.17, 15) is 9.59 Å². The summed E-state index contributed by atoms with van der Waals surface area (Å²) >= 11 is 0. The van der Waals surface area contributed by atoms with Crippen LogP contribution in [0, 0.1) is 6.92 Å². The van der Waals surface area contributed by atoms with Crippen LogP contribution >= 0.6 is 0 Å². The summed E-state index contributed by atoms with van der Waals surface area (Å²) in [7, 11) is 1.36. The number of benzene rings is 1. The Kier molecular flexibility index (Phi) is 5.47. The molecule has 2 atom stereocenters. The van der Waals surface area contributed by atoms with Crippen LogP contribution in [0.3, 0.4) is 0 Å². The molecule has 1 aromatic heterocycles. The molecule has 0 unspecified atom stereocenters. The highest BCUT2D eigenvalue weighted by Crippen LogP contribution is 2.31. The number of anilines is 1. The third-order valence-corrected chi connectivity index (χ3v) is 5.01. The maximum atomic E-state index is 12.7. The van der Waals surface area contributed by atoms with Crippen LogP contribution in [0.25, 0.3) is 11.0 Å². The summed E-state index contributed by atoms with van der Waals surface area (Å²) in [4.78, 5) is 36.6. The lowest BCUT2D eigenvalue weighted by Gasteiger charge is -2.45. The first-order valence-electron chi connectivity index (χ1n) is 9.85. The van der Waals surface area contributed by atoms with E-state index < -0.39 is 11.6 Å². The van der Waals surface area contributed by atoms with Crippen LogP contribution in [-0.2, 0) is 9.47 Å². The molecule has 1 fully saturated rings. The number of aryl methyl sites for hydroxylation is 1. The number of carbonyl (C=O) groups excluding carboxylic acids is 2. The molecule has 1 saturated heterocycles. The summed E-state index contributed by atoms with van der Waals surface area (Å²) in [6, 6.07) is 3.59. The zero-order valence-electron chi connectivity index (χ0n) is 18.2. The van der Waals surface area contributed by atoms with Crippen LogP contribution in [0.5, 0.6) is 0 Å². The number of H-pyrrole nitrogens is 1. The number of aromatic amines is 1. The fourth-order valence-corrected chi connectivity index (χ4v) is 3.93. The second kappa shape index (κ2) is 7.57. The van der Waals surface area contributed by atoms with Crippen molar-refractivity contribution < 1.29 is 19.1 Å². The fourth-order valence-electron chi connectivity index (χ4n) is 3.93. The van der Waals surface area contributed by atoms with Gasteiger partial charge in [0.1, 0.15) is 16.9 Å². The normalized spacial score (nSPS) is 20.1. The molecule has 0 bridgehead atoms. The number of aromatic nitrogens is 2. The third kappa shape index (κ3) is 4.16. The molecule has 0 spiro atoms. The van der Waals surface area contributed by atoms with Gasteiger partial charge in [-0.25, -0.2) is 14.6 Å². The topological polar surface area (TPSA) is 87.8 Å². The van der Waals surface area contributed by atoms with Gasteiger partial charge in [0, 0.05) is 13.1 Å². The Hall–Kier alpha value is -2.77. The van der Waals surface area contributed by atoms with Crippen LogP contribution in [0.4, 0.5) is 10.5 Å². The Morgan fingerprint density at radius 1 is 1.17 bits per heavy atom. The van der Waals surface area contributed by atoms with Crippen molar-refractivity contribution in [2.24, 2.45) is 0 Å². The van der Waals surface area contributed by atoms with E-state index in [2.05, 4.69) is 14.9 Å². The van der Waals surface area contributed by atoms with Gasteiger partial charge in [-0.15, -0.1) is 0 Å². The van der Waals surface area contributed by atoms with Crippen LogP contribution in [0.15, 0.2) is 12.1 Å².